The molecule has 5 heteroatoms. The van der Waals surface area contributed by atoms with Gasteiger partial charge in [0.05, 0.1) is 5.60 Å². The lowest BCUT2D eigenvalue weighted by Crippen LogP contribution is -2.45. The fourth-order valence-corrected chi connectivity index (χ4v) is 2.97. The van der Waals surface area contributed by atoms with E-state index in [1.807, 2.05) is 0 Å². The SMILES string of the molecule is Cc1c(N)cc(C(=O)NCC2(O)CCCC(C)C2)cc1F. The van der Waals surface area contributed by atoms with Crippen molar-refractivity contribution in [3.05, 3.63) is 29.1 Å². The third-order valence-electron chi connectivity index (χ3n) is 4.29. The summed E-state index contributed by atoms with van der Waals surface area (Å²) in [5.41, 5.74) is 5.59. The number of nitrogen functional groups attached to an aromatic ring is 1. The van der Waals surface area contributed by atoms with Crippen molar-refractivity contribution in [1.82, 2.24) is 5.32 Å². The number of carbonyl (C=O) groups is 1. The minimum absolute atomic E-state index is 0.183. The first kappa shape index (κ1) is 15.8. The standard InChI is InChI=1S/C16H23FN2O2/c1-10-4-3-5-16(21,8-10)9-19-15(20)12-6-13(17)11(2)14(18)7-12/h6-7,10,21H,3-5,8-9,18H2,1-2H3,(H,19,20). The number of benzene rings is 1. The number of halogens is 1. The molecule has 0 radical (unpaired) electrons. The van der Waals surface area contributed by atoms with Gasteiger partial charge < -0.3 is 16.2 Å². The Balaban J connectivity index is 2.02. The maximum absolute atomic E-state index is 13.6. The molecule has 1 fully saturated rings. The summed E-state index contributed by atoms with van der Waals surface area (Å²) in [6, 6.07) is 2.63. The Bertz CT molecular complexity index is 524. The van der Waals surface area contributed by atoms with Gasteiger partial charge in [0.1, 0.15) is 5.82 Å². The van der Waals surface area contributed by atoms with Crippen molar-refractivity contribution < 1.29 is 14.3 Å². The second-order valence-corrected chi connectivity index (χ2v) is 6.28. The van der Waals surface area contributed by atoms with Crippen LogP contribution < -0.4 is 11.1 Å². The van der Waals surface area contributed by atoms with Gasteiger partial charge in [0, 0.05) is 23.4 Å². The molecule has 0 aliphatic heterocycles. The van der Waals surface area contributed by atoms with Gasteiger partial charge in [-0.3, -0.25) is 4.79 Å². The van der Waals surface area contributed by atoms with Gasteiger partial charge in [-0.2, -0.15) is 0 Å². The smallest absolute Gasteiger partial charge is 0.251 e. The number of nitrogens with one attached hydrogen (secondary N) is 1. The maximum atomic E-state index is 13.6. The van der Waals surface area contributed by atoms with E-state index in [9.17, 15) is 14.3 Å². The van der Waals surface area contributed by atoms with Crippen LogP contribution in [0.15, 0.2) is 12.1 Å². The molecular weight excluding hydrogens is 271 g/mol. The highest BCUT2D eigenvalue weighted by Crippen LogP contribution is 2.31. The van der Waals surface area contributed by atoms with Crippen LogP contribution in [-0.2, 0) is 0 Å². The minimum atomic E-state index is -0.859. The quantitative estimate of drug-likeness (QED) is 0.749. The molecule has 2 atom stereocenters. The van der Waals surface area contributed by atoms with E-state index in [1.165, 1.54) is 12.1 Å². The summed E-state index contributed by atoms with van der Waals surface area (Å²) in [6.45, 7) is 3.85. The molecule has 1 aromatic carbocycles. The Hall–Kier alpha value is -1.62. The number of carbonyl (C=O) groups excluding carboxylic acids is 1. The molecule has 21 heavy (non-hydrogen) atoms. The lowest BCUT2D eigenvalue weighted by molar-refractivity contribution is -0.0109. The number of nitrogens with two attached hydrogens (primary N) is 1. The monoisotopic (exact) mass is 294 g/mol. The topological polar surface area (TPSA) is 75.4 Å². The number of hydrogen-bond donors (Lipinski definition) is 3. The first-order chi connectivity index (χ1) is 9.81. The maximum Gasteiger partial charge on any atom is 0.251 e. The molecule has 2 rings (SSSR count). The molecule has 0 aromatic heterocycles. The fraction of sp³-hybridized carbons (Fsp3) is 0.562. The zero-order valence-electron chi connectivity index (χ0n) is 12.6. The van der Waals surface area contributed by atoms with Crippen LogP contribution in [0, 0.1) is 18.7 Å². The number of rotatable bonds is 3. The van der Waals surface area contributed by atoms with Crippen LogP contribution >= 0.6 is 0 Å². The van der Waals surface area contributed by atoms with E-state index >= 15 is 0 Å². The fourth-order valence-electron chi connectivity index (χ4n) is 2.97. The van der Waals surface area contributed by atoms with Gasteiger partial charge in [-0.1, -0.05) is 19.8 Å². The van der Waals surface area contributed by atoms with Gasteiger partial charge in [-0.25, -0.2) is 4.39 Å². The van der Waals surface area contributed by atoms with Crippen molar-refractivity contribution in [2.75, 3.05) is 12.3 Å². The second-order valence-electron chi connectivity index (χ2n) is 6.28. The van der Waals surface area contributed by atoms with Crippen LogP contribution in [-0.4, -0.2) is 23.2 Å². The molecule has 4 N–H and O–H groups in total. The highest BCUT2D eigenvalue weighted by Gasteiger charge is 2.32. The van der Waals surface area contributed by atoms with E-state index in [-0.39, 0.29) is 17.8 Å². The summed E-state index contributed by atoms with van der Waals surface area (Å²) in [6.07, 6.45) is 3.43. The Kier molecular flexibility index (Phi) is 4.52. The van der Waals surface area contributed by atoms with E-state index in [2.05, 4.69) is 12.2 Å². The Morgan fingerprint density at radius 1 is 1.57 bits per heavy atom. The molecule has 0 heterocycles. The Morgan fingerprint density at radius 2 is 2.29 bits per heavy atom. The van der Waals surface area contributed by atoms with E-state index in [0.29, 0.717) is 24.3 Å². The molecule has 0 bridgehead atoms. The highest BCUT2D eigenvalue weighted by molar-refractivity contribution is 5.95. The summed E-state index contributed by atoms with van der Waals surface area (Å²) in [7, 11) is 0. The molecule has 0 saturated heterocycles. The third kappa shape index (κ3) is 3.73. The van der Waals surface area contributed by atoms with Gasteiger partial charge in [-0.15, -0.1) is 0 Å². The molecule has 2 unspecified atom stereocenters. The predicted molar refractivity (Wildman–Crippen MR) is 80.5 cm³/mol. The molecule has 1 aliphatic rings. The van der Waals surface area contributed by atoms with Crippen molar-refractivity contribution >= 4 is 11.6 Å². The highest BCUT2D eigenvalue weighted by atomic mass is 19.1. The predicted octanol–water partition coefficient (Wildman–Crippen LogP) is 2.39. The molecule has 1 amide bonds. The van der Waals surface area contributed by atoms with E-state index in [1.54, 1.807) is 6.92 Å². The lowest BCUT2D eigenvalue weighted by atomic mass is 9.79. The number of aliphatic hydroxyl groups is 1. The molecule has 1 aliphatic carbocycles. The van der Waals surface area contributed by atoms with Crippen LogP contribution in [0.4, 0.5) is 10.1 Å². The second kappa shape index (κ2) is 6.02. The summed E-state index contributed by atoms with van der Waals surface area (Å²) in [4.78, 5) is 12.1. The average Bonchev–Trinajstić information content (AvgIpc) is 2.41. The normalized spacial score (nSPS) is 25.6. The average molecular weight is 294 g/mol. The van der Waals surface area contributed by atoms with Gasteiger partial charge in [0.15, 0.2) is 0 Å². The Labute approximate surface area is 124 Å². The summed E-state index contributed by atoms with van der Waals surface area (Å²) < 4.78 is 13.6. The van der Waals surface area contributed by atoms with Crippen molar-refractivity contribution in [3.8, 4) is 0 Å². The third-order valence-corrected chi connectivity index (χ3v) is 4.29. The summed E-state index contributed by atoms with van der Waals surface area (Å²) >= 11 is 0. The van der Waals surface area contributed by atoms with Gasteiger partial charge >= 0.3 is 0 Å². The first-order valence-electron chi connectivity index (χ1n) is 7.37. The lowest BCUT2D eigenvalue weighted by Gasteiger charge is -2.35. The largest absolute Gasteiger partial charge is 0.398 e. The molecular formula is C16H23FN2O2. The zero-order chi connectivity index (χ0) is 15.6. The zero-order valence-corrected chi connectivity index (χ0v) is 12.6. The van der Waals surface area contributed by atoms with E-state index in [4.69, 9.17) is 5.73 Å². The van der Waals surface area contributed by atoms with Gasteiger partial charge in [0.2, 0.25) is 0 Å². The number of amides is 1. The Morgan fingerprint density at radius 3 is 2.90 bits per heavy atom. The molecule has 1 saturated carbocycles. The number of hydrogen-bond acceptors (Lipinski definition) is 3. The van der Waals surface area contributed by atoms with Crippen LogP contribution in [0.25, 0.3) is 0 Å². The molecule has 0 spiro atoms. The van der Waals surface area contributed by atoms with Crippen LogP contribution in [0.3, 0.4) is 0 Å². The molecule has 116 valence electrons. The van der Waals surface area contributed by atoms with E-state index in [0.717, 1.165) is 12.8 Å². The van der Waals surface area contributed by atoms with Crippen LogP contribution in [0.1, 0.15) is 48.5 Å². The minimum Gasteiger partial charge on any atom is -0.398 e. The summed E-state index contributed by atoms with van der Waals surface area (Å²) in [5.74, 6) is -0.453. The van der Waals surface area contributed by atoms with Gasteiger partial charge in [0.25, 0.3) is 5.91 Å². The molecule has 4 nitrogen and oxygen atoms in total. The summed E-state index contributed by atoms with van der Waals surface area (Å²) in [5, 5.41) is 13.2. The van der Waals surface area contributed by atoms with Crippen molar-refractivity contribution in [2.24, 2.45) is 5.92 Å². The number of anilines is 1. The van der Waals surface area contributed by atoms with Crippen LogP contribution in [0.5, 0.6) is 0 Å². The van der Waals surface area contributed by atoms with Crippen LogP contribution in [0.2, 0.25) is 0 Å². The first-order valence-corrected chi connectivity index (χ1v) is 7.37. The van der Waals surface area contributed by atoms with E-state index < -0.39 is 17.3 Å². The van der Waals surface area contributed by atoms with Crippen molar-refractivity contribution in [3.63, 3.8) is 0 Å². The van der Waals surface area contributed by atoms with Gasteiger partial charge in [-0.05, 0) is 37.8 Å². The van der Waals surface area contributed by atoms with Crippen molar-refractivity contribution in [2.45, 2.75) is 45.1 Å². The molecule has 1 aromatic rings. The van der Waals surface area contributed by atoms with Crippen molar-refractivity contribution in [1.29, 1.82) is 0 Å².